The van der Waals surface area contributed by atoms with Crippen molar-refractivity contribution in [1.29, 1.82) is 5.41 Å². The molecule has 19 heavy (non-hydrogen) atoms. The fourth-order valence-electron chi connectivity index (χ4n) is 3.20. The van der Waals surface area contributed by atoms with Crippen LogP contribution in [0.2, 0.25) is 0 Å². The number of hydrogen-bond acceptors (Lipinski definition) is 3. The molecular weight excluding hydrogens is 240 g/mol. The summed E-state index contributed by atoms with van der Waals surface area (Å²) in [7, 11) is 3.55. The van der Waals surface area contributed by atoms with Crippen LogP contribution in [-0.2, 0) is 4.79 Å². The second kappa shape index (κ2) is 5.63. The molecule has 0 unspecified atom stereocenters. The smallest absolute Gasteiger partial charge is 0.249 e. The number of amides is 1. The van der Waals surface area contributed by atoms with E-state index in [9.17, 15) is 4.79 Å². The van der Waals surface area contributed by atoms with Crippen LogP contribution in [-0.4, -0.2) is 47.7 Å². The van der Waals surface area contributed by atoms with Crippen molar-refractivity contribution in [3.8, 4) is 0 Å². The summed E-state index contributed by atoms with van der Waals surface area (Å²) in [5, 5.41) is 11.4. The second-order valence-electron chi connectivity index (χ2n) is 5.33. The van der Waals surface area contributed by atoms with Crippen molar-refractivity contribution in [2.24, 2.45) is 0 Å². The van der Waals surface area contributed by atoms with E-state index in [2.05, 4.69) is 10.2 Å². The van der Waals surface area contributed by atoms with E-state index in [0.717, 1.165) is 19.3 Å². The summed E-state index contributed by atoms with van der Waals surface area (Å²) in [5.74, 6) is 0.585. The molecule has 5 heteroatoms. The highest BCUT2D eigenvalue weighted by Gasteiger charge is 2.41. The Morgan fingerprint density at radius 1 is 1.42 bits per heavy atom. The van der Waals surface area contributed by atoms with Gasteiger partial charge in [-0.15, -0.1) is 0 Å². The highest BCUT2D eigenvalue weighted by atomic mass is 16.2. The monoisotopic (exact) mass is 264 g/mol. The fourth-order valence-corrected chi connectivity index (χ4v) is 3.20. The number of nitrogens with one attached hydrogen (secondary N) is 2. The summed E-state index contributed by atoms with van der Waals surface area (Å²) in [6, 6.07) is 0.185. The van der Waals surface area contributed by atoms with Gasteiger partial charge in [-0.3, -0.25) is 10.2 Å². The summed E-state index contributed by atoms with van der Waals surface area (Å²) in [5.41, 5.74) is 0.670. The van der Waals surface area contributed by atoms with Gasteiger partial charge in [-0.1, -0.05) is 19.8 Å². The number of amidine groups is 1. The first-order valence-electron chi connectivity index (χ1n) is 7.14. The number of rotatable bonds is 3. The number of carbonyl (C=O) groups excluding carboxylic acids is 1. The number of carbonyl (C=O) groups is 1. The normalized spacial score (nSPS) is 27.5. The Bertz CT molecular complexity index is 398. The van der Waals surface area contributed by atoms with E-state index in [4.69, 9.17) is 5.41 Å². The van der Waals surface area contributed by atoms with Gasteiger partial charge >= 0.3 is 0 Å². The molecule has 0 bridgehead atoms. The highest BCUT2D eigenvalue weighted by Crippen LogP contribution is 2.31. The Morgan fingerprint density at radius 2 is 2.05 bits per heavy atom. The number of piperazine rings is 1. The largest absolute Gasteiger partial charge is 0.392 e. The third-order valence-corrected chi connectivity index (χ3v) is 4.20. The molecule has 2 rings (SSSR count). The van der Waals surface area contributed by atoms with Gasteiger partial charge < -0.3 is 15.1 Å². The molecule has 0 radical (unpaired) electrons. The summed E-state index contributed by atoms with van der Waals surface area (Å²) in [6.07, 6.45) is 7.12. The van der Waals surface area contributed by atoms with Crippen LogP contribution in [0.3, 0.4) is 0 Å². The number of likely N-dealkylation sites (N-methyl/N-ethyl adjacent to an activating group) is 1. The first kappa shape index (κ1) is 13.9. The maximum Gasteiger partial charge on any atom is 0.249 e. The summed E-state index contributed by atoms with van der Waals surface area (Å²) in [6.45, 7) is 2.03. The van der Waals surface area contributed by atoms with Crippen molar-refractivity contribution in [3.63, 3.8) is 0 Å². The molecule has 106 valence electrons. The van der Waals surface area contributed by atoms with Gasteiger partial charge in [-0.05, 0) is 19.3 Å². The Kier molecular flexibility index (Phi) is 4.12. The van der Waals surface area contributed by atoms with E-state index in [1.54, 1.807) is 25.2 Å². The van der Waals surface area contributed by atoms with Crippen LogP contribution in [0.25, 0.3) is 0 Å². The van der Waals surface area contributed by atoms with Gasteiger partial charge in [-0.25, -0.2) is 0 Å². The summed E-state index contributed by atoms with van der Waals surface area (Å²) < 4.78 is 0. The molecule has 5 nitrogen and oxygen atoms in total. The third-order valence-electron chi connectivity index (χ3n) is 4.20. The van der Waals surface area contributed by atoms with E-state index < -0.39 is 0 Å². The minimum absolute atomic E-state index is 0.104. The molecule has 1 heterocycles. The molecule has 1 saturated heterocycles. The molecule has 1 aliphatic heterocycles. The average Bonchev–Trinajstić information content (AvgIpc) is 2.92. The molecule has 2 N–H and O–H groups in total. The minimum Gasteiger partial charge on any atom is -0.392 e. The lowest BCUT2D eigenvalue weighted by Gasteiger charge is -2.44. The Hall–Kier alpha value is -1.52. The van der Waals surface area contributed by atoms with Gasteiger partial charge in [0.25, 0.3) is 0 Å². The number of hydrogen-bond donors (Lipinski definition) is 2. The predicted molar refractivity (Wildman–Crippen MR) is 75.8 cm³/mol. The second-order valence-corrected chi connectivity index (χ2v) is 5.33. The van der Waals surface area contributed by atoms with Gasteiger partial charge in [0.15, 0.2) is 0 Å². The molecule has 1 saturated carbocycles. The fraction of sp³-hybridized carbons (Fsp3) is 0.714. The van der Waals surface area contributed by atoms with Crippen LogP contribution in [0.1, 0.15) is 39.0 Å². The zero-order valence-electron chi connectivity index (χ0n) is 12.1. The highest BCUT2D eigenvalue weighted by molar-refractivity contribution is 6.05. The average molecular weight is 264 g/mol. The van der Waals surface area contributed by atoms with Crippen LogP contribution in [0, 0.1) is 5.41 Å². The first-order valence-corrected chi connectivity index (χ1v) is 7.14. The lowest BCUT2D eigenvalue weighted by Crippen LogP contribution is -2.59. The molecular formula is C14H24N4O. The zero-order valence-corrected chi connectivity index (χ0v) is 12.1. The van der Waals surface area contributed by atoms with Crippen molar-refractivity contribution in [1.82, 2.24) is 15.1 Å². The van der Waals surface area contributed by atoms with Crippen molar-refractivity contribution < 1.29 is 4.79 Å². The maximum absolute atomic E-state index is 12.5. The molecule has 0 aromatic carbocycles. The lowest BCUT2D eigenvalue weighted by atomic mass is 10.0. The van der Waals surface area contributed by atoms with Crippen LogP contribution in [0.15, 0.2) is 11.9 Å². The summed E-state index contributed by atoms with van der Waals surface area (Å²) >= 11 is 0. The van der Waals surface area contributed by atoms with E-state index in [1.807, 2.05) is 6.92 Å². The van der Waals surface area contributed by atoms with Crippen LogP contribution < -0.4 is 5.32 Å². The standard InChI is InChI=1S/C14H24N4O/c1-4-11-14(19)17(3)12(9-16-2)13(15)18(11)10-7-5-6-8-10/h9-11,15-16H,4-8H2,1-3H3/b12-9+,15-13?/t11-/m1/s1. The topological polar surface area (TPSA) is 59.4 Å². The van der Waals surface area contributed by atoms with Gasteiger partial charge in [0, 0.05) is 26.3 Å². The molecule has 1 amide bonds. The predicted octanol–water partition coefficient (Wildman–Crippen LogP) is 1.52. The van der Waals surface area contributed by atoms with Crippen molar-refractivity contribution in [2.45, 2.75) is 51.1 Å². The molecule has 0 aromatic heterocycles. The Balaban J connectivity index is 2.34. The van der Waals surface area contributed by atoms with E-state index >= 15 is 0 Å². The van der Waals surface area contributed by atoms with Crippen molar-refractivity contribution >= 4 is 11.7 Å². The van der Waals surface area contributed by atoms with E-state index in [-0.39, 0.29) is 11.9 Å². The SMILES string of the molecule is CC[C@@H]1C(=O)N(C)/C(=C/NC)C(=N)N1C1CCCC1. The van der Waals surface area contributed by atoms with Gasteiger partial charge in [0.05, 0.1) is 0 Å². The maximum atomic E-state index is 12.5. The van der Waals surface area contributed by atoms with Gasteiger partial charge in [0.2, 0.25) is 5.91 Å². The molecule has 0 aromatic rings. The molecule has 1 atom stereocenters. The van der Waals surface area contributed by atoms with Gasteiger partial charge in [-0.2, -0.15) is 0 Å². The molecule has 0 spiro atoms. The first-order chi connectivity index (χ1) is 9.11. The van der Waals surface area contributed by atoms with Gasteiger partial charge in [0.1, 0.15) is 17.6 Å². The van der Waals surface area contributed by atoms with Crippen molar-refractivity contribution in [3.05, 3.63) is 11.9 Å². The Morgan fingerprint density at radius 3 is 2.58 bits per heavy atom. The van der Waals surface area contributed by atoms with E-state index in [1.165, 1.54) is 12.8 Å². The third kappa shape index (κ3) is 2.33. The molecule has 2 aliphatic rings. The molecule has 1 aliphatic carbocycles. The van der Waals surface area contributed by atoms with Crippen LogP contribution in [0.5, 0.6) is 0 Å². The quantitative estimate of drug-likeness (QED) is 0.812. The zero-order chi connectivity index (χ0) is 14.0. The molecule has 2 fully saturated rings. The summed E-state index contributed by atoms with van der Waals surface area (Å²) in [4.78, 5) is 16.1. The van der Waals surface area contributed by atoms with Crippen molar-refractivity contribution in [2.75, 3.05) is 14.1 Å². The number of nitrogens with zero attached hydrogens (tertiary/aromatic N) is 2. The van der Waals surface area contributed by atoms with Crippen LogP contribution >= 0.6 is 0 Å². The lowest BCUT2D eigenvalue weighted by molar-refractivity contribution is -0.134. The Labute approximate surface area is 115 Å². The van der Waals surface area contributed by atoms with E-state index in [0.29, 0.717) is 17.6 Å². The minimum atomic E-state index is -0.172. The van der Waals surface area contributed by atoms with Crippen LogP contribution in [0.4, 0.5) is 0 Å².